The number of hydrogen-bond acceptors (Lipinski definition) is 6. The van der Waals surface area contributed by atoms with Crippen LogP contribution in [0.4, 0.5) is 5.69 Å². The number of amides is 1. The Morgan fingerprint density at radius 1 is 1.35 bits per heavy atom. The molecule has 0 spiro atoms. The highest BCUT2D eigenvalue weighted by Crippen LogP contribution is 2.17. The van der Waals surface area contributed by atoms with Gasteiger partial charge in [-0.3, -0.25) is 9.59 Å². The van der Waals surface area contributed by atoms with Crippen molar-refractivity contribution in [3.05, 3.63) is 24.3 Å². The molecule has 1 aromatic carbocycles. The van der Waals surface area contributed by atoms with Gasteiger partial charge >= 0.3 is 5.97 Å². The quantitative estimate of drug-likeness (QED) is 0.758. The second-order valence-electron chi connectivity index (χ2n) is 5.20. The van der Waals surface area contributed by atoms with Crippen molar-refractivity contribution in [1.82, 2.24) is 5.32 Å². The van der Waals surface area contributed by atoms with Gasteiger partial charge in [-0.2, -0.15) is 0 Å². The number of methoxy groups -OCH3 is 1. The van der Waals surface area contributed by atoms with E-state index in [1.807, 2.05) is 6.92 Å². The maximum atomic E-state index is 12.2. The van der Waals surface area contributed by atoms with E-state index >= 15 is 0 Å². The third-order valence-corrected chi connectivity index (χ3v) is 3.52. The van der Waals surface area contributed by atoms with E-state index < -0.39 is 0 Å². The van der Waals surface area contributed by atoms with E-state index in [-0.39, 0.29) is 37.0 Å². The van der Waals surface area contributed by atoms with Crippen LogP contribution in [-0.4, -0.2) is 50.9 Å². The van der Waals surface area contributed by atoms with Gasteiger partial charge in [0.05, 0.1) is 32.8 Å². The zero-order valence-electron chi connectivity index (χ0n) is 13.3. The van der Waals surface area contributed by atoms with Gasteiger partial charge in [0, 0.05) is 12.2 Å². The summed E-state index contributed by atoms with van der Waals surface area (Å²) in [6.45, 7) is 3.39. The molecule has 1 fully saturated rings. The van der Waals surface area contributed by atoms with Gasteiger partial charge < -0.3 is 24.8 Å². The van der Waals surface area contributed by atoms with Crippen molar-refractivity contribution in [1.29, 1.82) is 0 Å². The zero-order chi connectivity index (χ0) is 16.7. The fourth-order valence-electron chi connectivity index (χ4n) is 2.24. The molecule has 2 atom stereocenters. The molecule has 7 heteroatoms. The topological polar surface area (TPSA) is 85.9 Å². The fourth-order valence-corrected chi connectivity index (χ4v) is 2.24. The van der Waals surface area contributed by atoms with E-state index in [0.717, 1.165) is 0 Å². The van der Waals surface area contributed by atoms with E-state index in [0.29, 0.717) is 24.6 Å². The first-order valence-corrected chi connectivity index (χ1v) is 7.55. The van der Waals surface area contributed by atoms with E-state index in [9.17, 15) is 9.59 Å². The summed E-state index contributed by atoms with van der Waals surface area (Å²) in [6, 6.07) is 6.61. The number of anilines is 1. The van der Waals surface area contributed by atoms with Gasteiger partial charge in [0.1, 0.15) is 11.8 Å². The summed E-state index contributed by atoms with van der Waals surface area (Å²) in [7, 11) is 1.34. The molecule has 1 heterocycles. The summed E-state index contributed by atoms with van der Waals surface area (Å²) in [5.41, 5.74) is 0.676. The number of ether oxygens (including phenoxy) is 3. The standard InChI is InChI=1S/C16H22N2O5/c1-11-15(17-8-10-22-11)16(20)18-12-3-5-13(6-4-12)23-9-7-14(19)21-2/h3-6,11,15,17H,7-10H2,1-2H3,(H,18,20)/t11-,15+/m1/s1. The van der Waals surface area contributed by atoms with Crippen molar-refractivity contribution >= 4 is 17.6 Å². The number of nitrogens with one attached hydrogen (secondary N) is 2. The van der Waals surface area contributed by atoms with E-state index in [1.165, 1.54) is 7.11 Å². The maximum absolute atomic E-state index is 12.2. The highest BCUT2D eigenvalue weighted by molar-refractivity contribution is 5.95. The molecule has 0 unspecified atom stereocenters. The molecule has 7 nitrogen and oxygen atoms in total. The third-order valence-electron chi connectivity index (χ3n) is 3.52. The number of rotatable bonds is 6. The van der Waals surface area contributed by atoms with E-state index in [1.54, 1.807) is 24.3 Å². The second-order valence-corrected chi connectivity index (χ2v) is 5.20. The van der Waals surface area contributed by atoms with E-state index in [2.05, 4.69) is 15.4 Å². The lowest BCUT2D eigenvalue weighted by molar-refractivity contribution is -0.141. The van der Waals surface area contributed by atoms with Gasteiger partial charge in [-0.15, -0.1) is 0 Å². The SMILES string of the molecule is COC(=O)CCOc1ccc(NC(=O)[C@H]2NCCO[C@@H]2C)cc1. The van der Waals surface area contributed by atoms with E-state index in [4.69, 9.17) is 9.47 Å². The molecule has 2 rings (SSSR count). The van der Waals surface area contributed by atoms with Crippen LogP contribution < -0.4 is 15.4 Å². The van der Waals surface area contributed by atoms with Crippen LogP contribution in [0.3, 0.4) is 0 Å². The Morgan fingerprint density at radius 2 is 2.09 bits per heavy atom. The van der Waals surface area contributed by atoms with Gasteiger partial charge in [0.25, 0.3) is 0 Å². The number of morpholine rings is 1. The average Bonchev–Trinajstić information content (AvgIpc) is 2.56. The predicted molar refractivity (Wildman–Crippen MR) is 84.4 cm³/mol. The molecule has 23 heavy (non-hydrogen) atoms. The van der Waals surface area contributed by atoms with Gasteiger partial charge in [-0.1, -0.05) is 0 Å². The summed E-state index contributed by atoms with van der Waals surface area (Å²) in [6.07, 6.45) is 0.0323. The van der Waals surface area contributed by atoms with Crippen LogP contribution in [0.2, 0.25) is 0 Å². The first-order valence-electron chi connectivity index (χ1n) is 7.55. The Kier molecular flexibility index (Phi) is 6.37. The fraction of sp³-hybridized carbons (Fsp3) is 0.500. The highest BCUT2D eigenvalue weighted by Gasteiger charge is 2.28. The normalized spacial score (nSPS) is 20.6. The molecule has 0 aromatic heterocycles. The van der Waals surface area contributed by atoms with Crippen LogP contribution in [0.5, 0.6) is 5.75 Å². The van der Waals surface area contributed by atoms with Crippen molar-refractivity contribution in [2.45, 2.75) is 25.5 Å². The first-order chi connectivity index (χ1) is 11.1. The van der Waals surface area contributed by atoms with Gasteiger partial charge in [0.15, 0.2) is 0 Å². The largest absolute Gasteiger partial charge is 0.493 e. The van der Waals surface area contributed by atoms with Crippen LogP contribution in [0, 0.1) is 0 Å². The van der Waals surface area contributed by atoms with Gasteiger partial charge in [-0.25, -0.2) is 0 Å². The Balaban J connectivity index is 1.82. The Labute approximate surface area is 135 Å². The van der Waals surface area contributed by atoms with Crippen molar-refractivity contribution in [2.24, 2.45) is 0 Å². The zero-order valence-corrected chi connectivity index (χ0v) is 13.3. The summed E-state index contributed by atoms with van der Waals surface area (Å²) in [4.78, 5) is 23.2. The molecule has 0 saturated carbocycles. The Bertz CT molecular complexity index is 532. The molecule has 0 bridgehead atoms. The lowest BCUT2D eigenvalue weighted by Crippen LogP contribution is -2.53. The van der Waals surface area contributed by atoms with Crippen LogP contribution in [0.15, 0.2) is 24.3 Å². The van der Waals surface area contributed by atoms with Gasteiger partial charge in [0.2, 0.25) is 5.91 Å². The highest BCUT2D eigenvalue weighted by atomic mass is 16.5. The molecule has 1 saturated heterocycles. The monoisotopic (exact) mass is 322 g/mol. The first kappa shape index (κ1) is 17.2. The second kappa shape index (κ2) is 8.50. The molecule has 126 valence electrons. The van der Waals surface area contributed by atoms with Crippen molar-refractivity contribution < 1.29 is 23.8 Å². The number of benzene rings is 1. The van der Waals surface area contributed by atoms with Crippen molar-refractivity contribution in [3.8, 4) is 5.75 Å². The Morgan fingerprint density at radius 3 is 2.74 bits per heavy atom. The van der Waals surface area contributed by atoms with Crippen LogP contribution in [0.25, 0.3) is 0 Å². The minimum absolute atomic E-state index is 0.128. The lowest BCUT2D eigenvalue weighted by Gasteiger charge is -2.29. The maximum Gasteiger partial charge on any atom is 0.308 e. The molecule has 2 N–H and O–H groups in total. The van der Waals surface area contributed by atoms with Crippen molar-refractivity contribution in [3.63, 3.8) is 0 Å². The molecule has 1 aliphatic heterocycles. The van der Waals surface area contributed by atoms with Gasteiger partial charge in [-0.05, 0) is 31.2 Å². The number of carbonyl (C=O) groups excluding carboxylic acids is 2. The minimum Gasteiger partial charge on any atom is -0.493 e. The Hall–Kier alpha value is -2.12. The predicted octanol–water partition coefficient (Wildman–Crippen LogP) is 0.944. The molecule has 0 radical (unpaired) electrons. The van der Waals surface area contributed by atoms with Crippen LogP contribution >= 0.6 is 0 Å². The summed E-state index contributed by atoms with van der Waals surface area (Å²) < 4.78 is 15.4. The minimum atomic E-state index is -0.361. The van der Waals surface area contributed by atoms with Crippen LogP contribution in [0.1, 0.15) is 13.3 Å². The smallest absolute Gasteiger partial charge is 0.308 e. The summed E-state index contributed by atoms with van der Waals surface area (Å²) in [5, 5.41) is 5.98. The van der Waals surface area contributed by atoms with Crippen molar-refractivity contribution in [2.75, 3.05) is 32.2 Å². The summed E-state index contributed by atoms with van der Waals surface area (Å²) >= 11 is 0. The number of hydrogen-bond donors (Lipinski definition) is 2. The molecular weight excluding hydrogens is 300 g/mol. The molecule has 1 amide bonds. The molecule has 0 aliphatic carbocycles. The molecule has 1 aliphatic rings. The number of carbonyl (C=O) groups is 2. The lowest BCUT2D eigenvalue weighted by atomic mass is 10.1. The molecule has 1 aromatic rings. The number of esters is 1. The molecular formula is C16H22N2O5. The third kappa shape index (κ3) is 5.22. The summed E-state index contributed by atoms with van der Waals surface area (Å²) in [5.74, 6) is 0.182. The average molecular weight is 322 g/mol. The van der Waals surface area contributed by atoms with Crippen LogP contribution in [-0.2, 0) is 19.1 Å².